The molecule has 0 aliphatic rings. The van der Waals surface area contributed by atoms with Gasteiger partial charge in [0.25, 0.3) is 0 Å². The van der Waals surface area contributed by atoms with Crippen molar-refractivity contribution in [3.05, 3.63) is 0 Å². The van der Waals surface area contributed by atoms with Crippen LogP contribution in [0.3, 0.4) is 0 Å². The SMILES string of the molecule is CC(=O)CC(=O)O.COC(C)CO.OCCO.OCCO.OCCO. The van der Waals surface area contributed by atoms with E-state index in [1.807, 2.05) is 0 Å². The maximum atomic E-state index is 9.87. The lowest BCUT2D eigenvalue weighted by molar-refractivity contribution is -0.139. The summed E-state index contributed by atoms with van der Waals surface area (Å²) < 4.78 is 4.65. The zero-order chi connectivity index (χ0) is 21.1. The summed E-state index contributed by atoms with van der Waals surface area (Å²) in [4.78, 5) is 19.5. The number of aliphatic hydroxyl groups excluding tert-OH is 7. The van der Waals surface area contributed by atoms with Gasteiger partial charge in [0.05, 0.1) is 52.4 Å². The molecular formula is C14H34O11. The van der Waals surface area contributed by atoms with E-state index in [0.717, 1.165) is 0 Å². The second-order valence-electron chi connectivity index (χ2n) is 3.84. The van der Waals surface area contributed by atoms with E-state index in [1.165, 1.54) is 6.92 Å². The van der Waals surface area contributed by atoms with Crippen LogP contribution in [-0.2, 0) is 14.3 Å². The van der Waals surface area contributed by atoms with Crippen molar-refractivity contribution in [3.63, 3.8) is 0 Å². The Morgan fingerprint density at radius 1 is 0.800 bits per heavy atom. The predicted molar refractivity (Wildman–Crippen MR) is 89.0 cm³/mol. The summed E-state index contributed by atoms with van der Waals surface area (Å²) in [6.07, 6.45) is -0.370. The number of aliphatic hydroxyl groups is 7. The Bertz CT molecular complexity index is 205. The van der Waals surface area contributed by atoms with Gasteiger partial charge in [-0.25, -0.2) is 0 Å². The van der Waals surface area contributed by atoms with Crippen molar-refractivity contribution >= 4 is 11.8 Å². The molecular weight excluding hydrogens is 344 g/mol. The third kappa shape index (κ3) is 103. The Balaban J connectivity index is -0.0000000683. The number of hydrogen-bond acceptors (Lipinski definition) is 10. The van der Waals surface area contributed by atoms with Crippen LogP contribution in [0.2, 0.25) is 0 Å². The molecule has 11 nitrogen and oxygen atoms in total. The molecule has 0 fully saturated rings. The van der Waals surface area contributed by atoms with Gasteiger partial charge < -0.3 is 45.6 Å². The number of hydrogen-bond donors (Lipinski definition) is 8. The van der Waals surface area contributed by atoms with E-state index in [1.54, 1.807) is 14.0 Å². The van der Waals surface area contributed by atoms with Crippen LogP contribution in [-0.4, -0.2) is 112 Å². The standard InChI is InChI=1S/C4H6O3.C4H10O2.3C2H6O2/c1-3(5)2-4(6)7;1-4(3-5)6-2;3*3-1-2-4/h2H2,1H3,(H,6,7);4-5H,3H2,1-2H3;3*3-4H,1-2H2. The van der Waals surface area contributed by atoms with E-state index in [9.17, 15) is 9.59 Å². The number of carboxylic acid groups (broad SMARTS) is 1. The highest BCUT2D eigenvalue weighted by Gasteiger charge is 1.98. The second-order valence-corrected chi connectivity index (χ2v) is 3.84. The van der Waals surface area contributed by atoms with Gasteiger partial charge >= 0.3 is 5.97 Å². The van der Waals surface area contributed by atoms with Crippen LogP contribution in [0, 0.1) is 0 Å². The summed E-state index contributed by atoms with van der Waals surface area (Å²) in [5, 5.41) is 61.8. The van der Waals surface area contributed by atoms with Gasteiger partial charge in [-0.15, -0.1) is 0 Å². The molecule has 0 saturated heterocycles. The van der Waals surface area contributed by atoms with E-state index in [4.69, 9.17) is 40.9 Å². The number of Topliss-reactive ketones (excluding diaryl/α,β-unsaturated/α-hetero) is 1. The molecule has 0 bridgehead atoms. The minimum Gasteiger partial charge on any atom is -0.481 e. The van der Waals surface area contributed by atoms with E-state index >= 15 is 0 Å². The largest absolute Gasteiger partial charge is 0.481 e. The molecule has 1 atom stereocenters. The number of rotatable bonds is 7. The highest BCUT2D eigenvalue weighted by molar-refractivity contribution is 5.93. The number of carbonyl (C=O) groups is 2. The van der Waals surface area contributed by atoms with Crippen LogP contribution in [0.5, 0.6) is 0 Å². The van der Waals surface area contributed by atoms with Gasteiger partial charge in [0.15, 0.2) is 0 Å². The number of carboxylic acids is 1. The van der Waals surface area contributed by atoms with E-state index in [0.29, 0.717) is 0 Å². The maximum Gasteiger partial charge on any atom is 0.310 e. The Morgan fingerprint density at radius 2 is 1.08 bits per heavy atom. The molecule has 0 aliphatic heterocycles. The summed E-state index contributed by atoms with van der Waals surface area (Å²) in [6, 6.07) is 0. The Labute approximate surface area is 147 Å². The van der Waals surface area contributed by atoms with Crippen molar-refractivity contribution in [1.29, 1.82) is 0 Å². The molecule has 0 aromatic rings. The molecule has 11 heteroatoms. The van der Waals surface area contributed by atoms with Gasteiger partial charge in [0, 0.05) is 7.11 Å². The minimum absolute atomic E-state index is 0.00926. The summed E-state index contributed by atoms with van der Waals surface area (Å²) in [7, 11) is 1.57. The predicted octanol–water partition coefficient (Wildman–Crippen LogP) is -3.02. The highest BCUT2D eigenvalue weighted by Crippen LogP contribution is 1.80. The van der Waals surface area contributed by atoms with Crippen LogP contribution in [0.4, 0.5) is 0 Å². The number of ketones is 1. The first kappa shape index (κ1) is 35.0. The first-order valence-electron chi connectivity index (χ1n) is 7.18. The first-order valence-corrected chi connectivity index (χ1v) is 7.18. The zero-order valence-electron chi connectivity index (χ0n) is 15.0. The van der Waals surface area contributed by atoms with Crippen molar-refractivity contribution in [3.8, 4) is 0 Å². The molecule has 1 unspecified atom stereocenters. The van der Waals surface area contributed by atoms with Gasteiger partial charge in [-0.2, -0.15) is 0 Å². The lowest BCUT2D eigenvalue weighted by atomic mass is 10.3. The van der Waals surface area contributed by atoms with E-state index in [2.05, 4.69) is 4.74 Å². The normalized spacial score (nSPS) is 9.36. The van der Waals surface area contributed by atoms with Gasteiger partial charge in [-0.05, 0) is 13.8 Å². The van der Waals surface area contributed by atoms with Crippen molar-refractivity contribution in [2.24, 2.45) is 0 Å². The lowest BCUT2D eigenvalue weighted by Gasteiger charge is -2.00. The topological polar surface area (TPSA) is 205 Å². The fourth-order valence-electron chi connectivity index (χ4n) is 0.287. The van der Waals surface area contributed by atoms with Crippen LogP contribution in [0.15, 0.2) is 0 Å². The molecule has 0 rings (SSSR count). The molecule has 8 N–H and O–H groups in total. The smallest absolute Gasteiger partial charge is 0.310 e. The quantitative estimate of drug-likeness (QED) is 0.209. The van der Waals surface area contributed by atoms with Crippen molar-refractivity contribution in [2.75, 3.05) is 53.4 Å². The molecule has 25 heavy (non-hydrogen) atoms. The molecule has 0 aromatic heterocycles. The highest BCUT2D eigenvalue weighted by atomic mass is 16.5. The first-order chi connectivity index (χ1) is 11.7. The second kappa shape index (κ2) is 38.4. The average molecular weight is 378 g/mol. The summed E-state index contributed by atoms with van der Waals surface area (Å²) >= 11 is 0. The lowest BCUT2D eigenvalue weighted by Crippen LogP contribution is -2.08. The monoisotopic (exact) mass is 378 g/mol. The third-order valence-corrected chi connectivity index (χ3v) is 1.36. The van der Waals surface area contributed by atoms with Gasteiger partial charge in [0.1, 0.15) is 12.2 Å². The molecule has 0 aromatic carbocycles. The maximum absolute atomic E-state index is 9.87. The number of ether oxygens (including phenoxy) is 1. The Hall–Kier alpha value is -1.18. The number of carbonyl (C=O) groups excluding carboxylic acids is 1. The van der Waals surface area contributed by atoms with Crippen LogP contribution >= 0.6 is 0 Å². The summed E-state index contributed by atoms with van der Waals surface area (Å²) in [5.74, 6) is -1.37. The summed E-state index contributed by atoms with van der Waals surface area (Å²) in [6.45, 7) is 2.41. The van der Waals surface area contributed by atoms with Crippen molar-refractivity contribution in [2.45, 2.75) is 26.4 Å². The van der Waals surface area contributed by atoms with Gasteiger partial charge in [-0.3, -0.25) is 9.59 Å². The molecule has 0 amide bonds. The Kier molecular flexibility index (Phi) is 53.8. The molecule has 0 aliphatic carbocycles. The molecule has 0 radical (unpaired) electrons. The van der Waals surface area contributed by atoms with E-state index < -0.39 is 5.97 Å². The van der Waals surface area contributed by atoms with Crippen LogP contribution in [0.1, 0.15) is 20.3 Å². The number of aliphatic carboxylic acids is 1. The van der Waals surface area contributed by atoms with Crippen molar-refractivity contribution in [1.82, 2.24) is 0 Å². The average Bonchev–Trinajstić information content (AvgIpc) is 2.60. The Morgan fingerprint density at radius 3 is 1.08 bits per heavy atom. The fraction of sp³-hybridized carbons (Fsp3) is 0.857. The van der Waals surface area contributed by atoms with Crippen LogP contribution < -0.4 is 0 Å². The van der Waals surface area contributed by atoms with Crippen LogP contribution in [0.25, 0.3) is 0 Å². The molecule has 0 heterocycles. The zero-order valence-corrected chi connectivity index (χ0v) is 15.0. The van der Waals surface area contributed by atoms with Crippen molar-refractivity contribution < 1.29 is 55.2 Å². The molecule has 156 valence electrons. The minimum atomic E-state index is -1.06. The van der Waals surface area contributed by atoms with Gasteiger partial charge in [-0.1, -0.05) is 0 Å². The number of methoxy groups -OCH3 is 1. The molecule has 0 saturated carbocycles. The fourth-order valence-corrected chi connectivity index (χ4v) is 0.287. The van der Waals surface area contributed by atoms with E-state index in [-0.39, 0.29) is 64.6 Å². The third-order valence-electron chi connectivity index (χ3n) is 1.36. The summed E-state index contributed by atoms with van der Waals surface area (Å²) in [5.41, 5.74) is 0. The van der Waals surface area contributed by atoms with Gasteiger partial charge in [0.2, 0.25) is 0 Å². The molecule has 0 spiro atoms.